The van der Waals surface area contributed by atoms with Crippen molar-refractivity contribution in [1.29, 1.82) is 0 Å². The minimum Gasteiger partial charge on any atom is -0.550 e. The van der Waals surface area contributed by atoms with Crippen molar-refractivity contribution in [2.24, 2.45) is 0 Å². The van der Waals surface area contributed by atoms with Gasteiger partial charge in [0.2, 0.25) is 0 Å². The average molecular weight is 543 g/mol. The predicted molar refractivity (Wildman–Crippen MR) is 139 cm³/mol. The van der Waals surface area contributed by atoms with Gasteiger partial charge in [0.05, 0.1) is 17.9 Å². The number of halogens is 2. The molecule has 0 radical (unpaired) electrons. The first-order valence-corrected chi connectivity index (χ1v) is 12.8. The minimum atomic E-state index is -1.41. The number of carbonyl (C=O) groups excluding carboxylic acids is 2. The molecule has 0 aliphatic rings. The number of amides is 1. The highest BCUT2D eigenvalue weighted by atomic mass is 19.1. The van der Waals surface area contributed by atoms with Crippen molar-refractivity contribution in [2.75, 3.05) is 7.05 Å². The van der Waals surface area contributed by atoms with E-state index in [1.54, 1.807) is 30.8 Å². The summed E-state index contributed by atoms with van der Waals surface area (Å²) in [6, 6.07) is 10.3. The van der Waals surface area contributed by atoms with E-state index in [0.717, 1.165) is 5.56 Å². The van der Waals surface area contributed by atoms with E-state index >= 15 is 0 Å². The standard InChI is InChI=1S/C29H35F2N3O5/c1-17(2)27-25(12-10-22(35)14-23(36)15-26(37)38)34(21-8-6-20(30)7-9-21)32-28(27)29(39)33(4)16-19-5-11-24(31)18(3)13-19/h5-9,11,13,17,22-23,35-36H,10,12,14-16H2,1-4H3,(H,37,38)/p-1/t22-,23-/m1/s1. The number of nitrogens with zero attached hydrogens (tertiary/aromatic N) is 3. The van der Waals surface area contributed by atoms with E-state index in [4.69, 9.17) is 0 Å². The molecule has 2 N–H and O–H groups in total. The Hall–Kier alpha value is -3.63. The van der Waals surface area contributed by atoms with Crippen molar-refractivity contribution in [3.8, 4) is 5.69 Å². The number of hydrogen-bond acceptors (Lipinski definition) is 6. The Bertz CT molecular complexity index is 1310. The lowest BCUT2D eigenvalue weighted by Gasteiger charge is -2.19. The molecule has 0 bridgehead atoms. The second-order valence-electron chi connectivity index (χ2n) is 10.2. The fourth-order valence-electron chi connectivity index (χ4n) is 4.61. The lowest BCUT2D eigenvalue weighted by atomic mass is 9.95. The highest BCUT2D eigenvalue weighted by molar-refractivity contribution is 5.94. The van der Waals surface area contributed by atoms with Gasteiger partial charge in [-0.2, -0.15) is 5.10 Å². The molecule has 210 valence electrons. The van der Waals surface area contributed by atoms with E-state index in [-0.39, 0.29) is 49.1 Å². The molecule has 0 spiro atoms. The molecule has 10 heteroatoms. The van der Waals surface area contributed by atoms with Gasteiger partial charge in [-0.25, -0.2) is 13.5 Å². The van der Waals surface area contributed by atoms with E-state index in [0.29, 0.717) is 22.5 Å². The fraction of sp³-hybridized carbons (Fsp3) is 0.414. The zero-order valence-electron chi connectivity index (χ0n) is 22.5. The van der Waals surface area contributed by atoms with E-state index < -0.39 is 30.4 Å². The third-order valence-corrected chi connectivity index (χ3v) is 6.52. The first-order valence-electron chi connectivity index (χ1n) is 12.8. The Labute approximate surface area is 226 Å². The normalized spacial score (nSPS) is 12.9. The highest BCUT2D eigenvalue weighted by Gasteiger charge is 2.28. The van der Waals surface area contributed by atoms with Gasteiger partial charge in [-0.05, 0) is 73.6 Å². The zero-order chi connectivity index (χ0) is 28.9. The molecular weight excluding hydrogens is 508 g/mol. The van der Waals surface area contributed by atoms with Crippen molar-refractivity contribution in [3.63, 3.8) is 0 Å². The predicted octanol–water partition coefficient (Wildman–Crippen LogP) is 3.04. The largest absolute Gasteiger partial charge is 0.550 e. The quantitative estimate of drug-likeness (QED) is 0.363. The SMILES string of the molecule is Cc1cc(CN(C)C(=O)c2nn(-c3ccc(F)cc3)c(CC[C@@H](O)C[C@@H](O)CC(=O)[O-])c2C(C)C)ccc1F. The third kappa shape index (κ3) is 7.70. The second kappa shape index (κ2) is 12.9. The number of benzene rings is 2. The van der Waals surface area contributed by atoms with Crippen LogP contribution in [0.15, 0.2) is 42.5 Å². The third-order valence-electron chi connectivity index (χ3n) is 6.52. The summed E-state index contributed by atoms with van der Waals surface area (Å²) in [5.41, 5.74) is 3.26. The average Bonchev–Trinajstić information content (AvgIpc) is 3.24. The molecule has 0 saturated carbocycles. The molecule has 1 heterocycles. The van der Waals surface area contributed by atoms with E-state index in [1.807, 2.05) is 13.8 Å². The van der Waals surface area contributed by atoms with Gasteiger partial charge in [-0.15, -0.1) is 0 Å². The van der Waals surface area contributed by atoms with Crippen molar-refractivity contribution >= 4 is 11.9 Å². The molecule has 1 amide bonds. The minimum absolute atomic E-state index is 0.143. The monoisotopic (exact) mass is 542 g/mol. The van der Waals surface area contributed by atoms with E-state index in [2.05, 4.69) is 5.10 Å². The highest BCUT2D eigenvalue weighted by Crippen LogP contribution is 2.29. The zero-order valence-corrected chi connectivity index (χ0v) is 22.5. The molecule has 1 aromatic heterocycles. The van der Waals surface area contributed by atoms with Crippen LogP contribution < -0.4 is 5.11 Å². The molecule has 2 atom stereocenters. The summed E-state index contributed by atoms with van der Waals surface area (Å²) in [5, 5.41) is 35.7. The van der Waals surface area contributed by atoms with Gasteiger partial charge >= 0.3 is 0 Å². The van der Waals surface area contributed by atoms with E-state index in [1.165, 1.54) is 35.2 Å². The van der Waals surface area contributed by atoms with Crippen molar-refractivity contribution in [3.05, 3.63) is 82.2 Å². The summed E-state index contributed by atoms with van der Waals surface area (Å²) in [6.45, 7) is 5.71. The topological polar surface area (TPSA) is 119 Å². The van der Waals surface area contributed by atoms with Crippen LogP contribution in [-0.2, 0) is 17.8 Å². The fourth-order valence-corrected chi connectivity index (χ4v) is 4.61. The number of rotatable bonds is 12. The number of carboxylic acid groups (broad SMARTS) is 1. The van der Waals surface area contributed by atoms with Crippen LogP contribution in [0.5, 0.6) is 0 Å². The number of aryl methyl sites for hydroxylation is 1. The summed E-state index contributed by atoms with van der Waals surface area (Å²) in [5.74, 6) is -2.66. The Morgan fingerprint density at radius 2 is 1.74 bits per heavy atom. The Morgan fingerprint density at radius 1 is 1.08 bits per heavy atom. The van der Waals surface area contributed by atoms with Crippen LogP contribution in [0.4, 0.5) is 8.78 Å². The van der Waals surface area contributed by atoms with Gasteiger partial charge < -0.3 is 25.0 Å². The van der Waals surface area contributed by atoms with Gasteiger partial charge in [0.1, 0.15) is 11.6 Å². The van der Waals surface area contributed by atoms with Gasteiger partial charge in [0.25, 0.3) is 5.91 Å². The summed E-state index contributed by atoms with van der Waals surface area (Å²) in [7, 11) is 1.63. The first kappa shape index (κ1) is 29.9. The lowest BCUT2D eigenvalue weighted by molar-refractivity contribution is -0.307. The summed E-state index contributed by atoms with van der Waals surface area (Å²) in [4.78, 5) is 25.9. The number of aromatic nitrogens is 2. The molecule has 3 aromatic rings. The van der Waals surface area contributed by atoms with Crippen molar-refractivity contribution < 1.29 is 33.7 Å². The van der Waals surface area contributed by atoms with Crippen LogP contribution in [0.3, 0.4) is 0 Å². The maximum Gasteiger partial charge on any atom is 0.274 e. The second-order valence-corrected chi connectivity index (χ2v) is 10.2. The molecular formula is C29H34F2N3O5-. The molecule has 0 fully saturated rings. The van der Waals surface area contributed by atoms with Crippen LogP contribution in [0.1, 0.15) is 71.9 Å². The van der Waals surface area contributed by atoms with Crippen LogP contribution >= 0.6 is 0 Å². The maximum atomic E-state index is 13.7. The molecule has 8 nitrogen and oxygen atoms in total. The van der Waals surface area contributed by atoms with Gasteiger partial charge in [-0.3, -0.25) is 4.79 Å². The number of carboxylic acids is 1. The number of hydrogen-bond donors (Lipinski definition) is 2. The summed E-state index contributed by atoms with van der Waals surface area (Å²) < 4.78 is 28.9. The molecule has 0 aliphatic carbocycles. The van der Waals surface area contributed by atoms with Crippen molar-refractivity contribution in [2.45, 2.75) is 71.1 Å². The Balaban J connectivity index is 1.96. The molecule has 0 saturated heterocycles. The van der Waals surface area contributed by atoms with Crippen LogP contribution in [-0.4, -0.2) is 56.0 Å². The Morgan fingerprint density at radius 3 is 2.33 bits per heavy atom. The molecule has 0 unspecified atom stereocenters. The smallest absolute Gasteiger partial charge is 0.274 e. The van der Waals surface area contributed by atoms with Gasteiger partial charge in [0.15, 0.2) is 5.69 Å². The van der Waals surface area contributed by atoms with Crippen LogP contribution in [0.2, 0.25) is 0 Å². The summed E-state index contributed by atoms with van der Waals surface area (Å²) in [6.07, 6.45) is -2.58. The molecule has 0 aliphatic heterocycles. The number of aliphatic carboxylic acids is 1. The van der Waals surface area contributed by atoms with Crippen molar-refractivity contribution in [1.82, 2.24) is 14.7 Å². The van der Waals surface area contributed by atoms with Gasteiger partial charge in [0, 0.05) is 37.2 Å². The maximum absolute atomic E-state index is 13.7. The first-order chi connectivity index (χ1) is 18.4. The molecule has 39 heavy (non-hydrogen) atoms. The summed E-state index contributed by atoms with van der Waals surface area (Å²) >= 11 is 0. The van der Waals surface area contributed by atoms with Crippen LogP contribution in [0, 0.1) is 18.6 Å². The van der Waals surface area contributed by atoms with Crippen LogP contribution in [0.25, 0.3) is 5.69 Å². The van der Waals surface area contributed by atoms with Gasteiger partial charge in [-0.1, -0.05) is 26.0 Å². The number of carbonyl (C=O) groups is 2. The number of aliphatic hydroxyl groups excluding tert-OH is 2. The molecule has 2 aromatic carbocycles. The number of aliphatic hydroxyl groups is 2. The Kier molecular flexibility index (Phi) is 9.93. The van der Waals surface area contributed by atoms with E-state index in [9.17, 15) is 33.7 Å². The molecule has 3 rings (SSSR count). The lowest BCUT2D eigenvalue weighted by Crippen LogP contribution is -2.29.